The van der Waals surface area contributed by atoms with Gasteiger partial charge in [-0.15, -0.1) is 0 Å². The topological polar surface area (TPSA) is 89.1 Å². The van der Waals surface area contributed by atoms with Crippen molar-refractivity contribution in [2.75, 3.05) is 76.1 Å². The van der Waals surface area contributed by atoms with Gasteiger partial charge in [0.1, 0.15) is 10.8 Å². The minimum absolute atomic E-state index is 0.192. The number of aromatic nitrogens is 2. The number of piperazine rings is 1. The Morgan fingerprint density at radius 3 is 2.46 bits per heavy atom. The lowest BCUT2D eigenvalue weighted by Crippen LogP contribution is -2.51. The maximum atomic E-state index is 12.3. The normalized spacial score (nSPS) is 15.7. The number of fused-ring (bicyclic) bond motifs is 1. The molecule has 0 bridgehead atoms. The van der Waals surface area contributed by atoms with Crippen molar-refractivity contribution in [3.8, 4) is 5.75 Å². The highest BCUT2D eigenvalue weighted by Crippen LogP contribution is 2.38. The summed E-state index contributed by atoms with van der Waals surface area (Å²) in [7, 11) is 7.34. The van der Waals surface area contributed by atoms with E-state index >= 15 is 0 Å². The van der Waals surface area contributed by atoms with Crippen molar-refractivity contribution < 1.29 is 9.53 Å². The zero-order valence-electron chi connectivity index (χ0n) is 22.9. The van der Waals surface area contributed by atoms with Crippen molar-refractivity contribution in [3.63, 3.8) is 0 Å². The van der Waals surface area contributed by atoms with Gasteiger partial charge in [0.25, 0.3) is 5.91 Å². The summed E-state index contributed by atoms with van der Waals surface area (Å²) in [4.78, 5) is 26.2. The molecular weight excluding hydrogens is 516 g/mol. The van der Waals surface area contributed by atoms with Crippen LogP contribution in [0.2, 0.25) is 5.02 Å². The molecule has 206 valence electrons. The van der Waals surface area contributed by atoms with E-state index in [-0.39, 0.29) is 5.91 Å². The van der Waals surface area contributed by atoms with E-state index in [0.29, 0.717) is 35.4 Å². The van der Waals surface area contributed by atoms with Crippen LogP contribution in [0.15, 0.2) is 42.6 Å². The number of hydrogen-bond donors (Lipinski definition) is 2. The van der Waals surface area contributed by atoms with E-state index in [9.17, 15) is 4.79 Å². The summed E-state index contributed by atoms with van der Waals surface area (Å²) in [6.45, 7) is 5.35. The number of carbonyl (C=O) groups excluding carboxylic acids is 1. The molecule has 0 atom stereocenters. The van der Waals surface area contributed by atoms with Crippen molar-refractivity contribution >= 4 is 40.5 Å². The Balaban J connectivity index is 1.25. The third kappa shape index (κ3) is 5.88. The fraction of sp³-hybridized carbons (Fsp3) is 0.393. The van der Waals surface area contributed by atoms with Crippen LogP contribution in [-0.4, -0.2) is 86.9 Å². The Hall–Kier alpha value is -3.60. The molecule has 0 spiro atoms. The molecule has 10 nitrogen and oxygen atoms in total. The van der Waals surface area contributed by atoms with E-state index in [1.165, 1.54) is 5.69 Å². The van der Waals surface area contributed by atoms with Gasteiger partial charge in [-0.25, -0.2) is 20.0 Å². The summed E-state index contributed by atoms with van der Waals surface area (Å²) < 4.78 is 5.43. The van der Waals surface area contributed by atoms with Gasteiger partial charge in [0.2, 0.25) is 5.95 Å². The Kier molecular flexibility index (Phi) is 8.06. The predicted molar refractivity (Wildman–Crippen MR) is 155 cm³/mol. The Labute approximate surface area is 234 Å². The number of ether oxygens (including phenoxy) is 1. The summed E-state index contributed by atoms with van der Waals surface area (Å²) in [5, 5.41) is 11.0. The highest BCUT2D eigenvalue weighted by molar-refractivity contribution is 6.35. The number of carbonyl (C=O) groups is 1. The molecule has 3 aromatic rings. The SMILES string of the molecule is CNC(=O)c1cc(OC)c(Cl)c(N2CCc3nc(Nc4ccc(N5CCN(N(C)C)CC5)cc4)ncc3C2)c1. The van der Waals surface area contributed by atoms with E-state index in [4.69, 9.17) is 21.3 Å². The monoisotopic (exact) mass is 550 g/mol. The summed E-state index contributed by atoms with van der Waals surface area (Å²) in [5.41, 5.74) is 5.46. The van der Waals surface area contributed by atoms with Gasteiger partial charge in [-0.3, -0.25) is 4.79 Å². The third-order valence-electron chi connectivity index (χ3n) is 7.31. The van der Waals surface area contributed by atoms with E-state index in [2.05, 4.69) is 73.8 Å². The lowest BCUT2D eigenvalue weighted by molar-refractivity contribution is 0.0201. The van der Waals surface area contributed by atoms with Crippen molar-refractivity contribution in [3.05, 3.63) is 64.4 Å². The maximum absolute atomic E-state index is 12.3. The Morgan fingerprint density at radius 1 is 1.05 bits per heavy atom. The molecule has 1 fully saturated rings. The van der Waals surface area contributed by atoms with Crippen LogP contribution in [0.5, 0.6) is 5.75 Å². The van der Waals surface area contributed by atoms with Crippen LogP contribution < -0.4 is 25.2 Å². The van der Waals surface area contributed by atoms with Gasteiger partial charge < -0.3 is 25.2 Å². The number of rotatable bonds is 7. The van der Waals surface area contributed by atoms with Crippen molar-refractivity contribution in [1.82, 2.24) is 25.3 Å². The molecule has 1 amide bonds. The molecule has 5 rings (SSSR count). The fourth-order valence-corrected chi connectivity index (χ4v) is 5.36. The van der Waals surface area contributed by atoms with Crippen LogP contribution in [0, 0.1) is 0 Å². The van der Waals surface area contributed by atoms with Crippen LogP contribution in [0.1, 0.15) is 21.6 Å². The lowest BCUT2D eigenvalue weighted by atomic mass is 10.1. The van der Waals surface area contributed by atoms with Gasteiger partial charge in [0.05, 0.1) is 18.5 Å². The van der Waals surface area contributed by atoms with Crippen molar-refractivity contribution in [1.29, 1.82) is 0 Å². The smallest absolute Gasteiger partial charge is 0.251 e. The number of nitrogens with zero attached hydrogens (tertiary/aromatic N) is 6. The number of hydrogen-bond acceptors (Lipinski definition) is 9. The average Bonchev–Trinajstić information content (AvgIpc) is 2.97. The molecule has 11 heteroatoms. The molecule has 0 radical (unpaired) electrons. The van der Waals surface area contributed by atoms with Crippen LogP contribution in [0.3, 0.4) is 0 Å². The summed E-state index contributed by atoms with van der Waals surface area (Å²) in [6, 6.07) is 11.9. The minimum Gasteiger partial charge on any atom is -0.495 e. The van der Waals surface area contributed by atoms with Crippen molar-refractivity contribution in [2.45, 2.75) is 13.0 Å². The fourth-order valence-electron chi connectivity index (χ4n) is 5.06. The highest BCUT2D eigenvalue weighted by atomic mass is 35.5. The molecule has 2 N–H and O–H groups in total. The van der Waals surface area contributed by atoms with Crippen LogP contribution in [-0.2, 0) is 13.0 Å². The zero-order valence-corrected chi connectivity index (χ0v) is 23.6. The highest BCUT2D eigenvalue weighted by Gasteiger charge is 2.24. The quantitative estimate of drug-likeness (QED) is 0.459. The summed E-state index contributed by atoms with van der Waals surface area (Å²) in [6.07, 6.45) is 2.59. The van der Waals surface area contributed by atoms with Gasteiger partial charge in [-0.1, -0.05) is 11.6 Å². The number of anilines is 4. The van der Waals surface area contributed by atoms with Gasteiger partial charge in [0, 0.05) is 95.5 Å². The largest absolute Gasteiger partial charge is 0.495 e. The molecule has 3 heterocycles. The molecular formula is C28H35ClN8O2. The second-order valence-corrected chi connectivity index (χ2v) is 10.3. The Bertz CT molecular complexity index is 1330. The standard InChI is InChI=1S/C28H35ClN8O2/c1-30-27(38)19-15-24(26(29)25(16-19)39-4)36-10-9-23-20(18-36)17-31-28(33-23)32-21-5-7-22(8-6-21)35-11-13-37(14-12-35)34(2)3/h5-8,15-17H,9-14,18H2,1-4H3,(H,30,38)(H,31,32,33). The van der Waals surface area contributed by atoms with E-state index < -0.39 is 0 Å². The molecule has 0 aliphatic carbocycles. The van der Waals surface area contributed by atoms with Crippen LogP contribution in [0.25, 0.3) is 0 Å². The molecule has 39 heavy (non-hydrogen) atoms. The lowest BCUT2D eigenvalue weighted by Gasteiger charge is -2.39. The Morgan fingerprint density at radius 2 is 1.79 bits per heavy atom. The molecule has 1 saturated heterocycles. The first-order valence-electron chi connectivity index (χ1n) is 13.1. The van der Waals surface area contributed by atoms with Gasteiger partial charge >= 0.3 is 0 Å². The second-order valence-electron chi connectivity index (χ2n) is 9.89. The maximum Gasteiger partial charge on any atom is 0.251 e. The summed E-state index contributed by atoms with van der Waals surface area (Å²) >= 11 is 6.64. The average molecular weight is 551 g/mol. The predicted octanol–water partition coefficient (Wildman–Crippen LogP) is 3.40. The number of benzene rings is 2. The third-order valence-corrected chi connectivity index (χ3v) is 7.69. The van der Waals surface area contributed by atoms with E-state index in [1.807, 2.05) is 6.20 Å². The van der Waals surface area contributed by atoms with Crippen LogP contribution in [0.4, 0.5) is 23.0 Å². The van der Waals surface area contributed by atoms with E-state index in [1.54, 1.807) is 26.3 Å². The number of nitrogens with one attached hydrogen (secondary N) is 2. The molecule has 2 aliphatic heterocycles. The first-order chi connectivity index (χ1) is 18.9. The molecule has 2 aromatic carbocycles. The number of halogens is 1. The minimum atomic E-state index is -0.192. The molecule has 0 saturated carbocycles. The van der Waals surface area contributed by atoms with Crippen LogP contribution >= 0.6 is 11.6 Å². The van der Waals surface area contributed by atoms with Gasteiger partial charge in [-0.05, 0) is 36.4 Å². The van der Waals surface area contributed by atoms with Gasteiger partial charge in [-0.2, -0.15) is 0 Å². The molecule has 0 unspecified atom stereocenters. The zero-order chi connectivity index (χ0) is 27.5. The number of amides is 1. The molecule has 1 aromatic heterocycles. The van der Waals surface area contributed by atoms with Crippen molar-refractivity contribution in [2.24, 2.45) is 0 Å². The van der Waals surface area contributed by atoms with E-state index in [0.717, 1.165) is 55.2 Å². The number of hydrazine groups is 1. The first kappa shape index (κ1) is 27.0. The molecule has 2 aliphatic rings. The first-order valence-corrected chi connectivity index (χ1v) is 13.5. The summed E-state index contributed by atoms with van der Waals surface area (Å²) in [5.74, 6) is 0.856. The van der Waals surface area contributed by atoms with Gasteiger partial charge in [0.15, 0.2) is 0 Å². The number of methoxy groups -OCH3 is 1. The second kappa shape index (κ2) is 11.6.